The van der Waals surface area contributed by atoms with E-state index in [9.17, 15) is 4.79 Å². The Balaban J connectivity index is 2.98. The molecule has 4 N–H and O–H groups in total. The highest BCUT2D eigenvalue weighted by Crippen LogP contribution is 2.20. The van der Waals surface area contributed by atoms with Gasteiger partial charge >= 0.3 is 0 Å². The number of hydrogen-bond donors (Lipinski definition) is 2. The highest BCUT2D eigenvalue weighted by Gasteiger charge is 2.14. The van der Waals surface area contributed by atoms with Gasteiger partial charge in [-0.1, -0.05) is 26.7 Å². The summed E-state index contributed by atoms with van der Waals surface area (Å²) in [4.78, 5) is 17.8. The van der Waals surface area contributed by atoms with Gasteiger partial charge in [-0.3, -0.25) is 4.79 Å². The van der Waals surface area contributed by atoms with Crippen molar-refractivity contribution >= 4 is 17.4 Å². The van der Waals surface area contributed by atoms with Crippen LogP contribution in [0.15, 0.2) is 12.3 Å². The molecule has 0 saturated heterocycles. The molecule has 0 fully saturated rings. The van der Waals surface area contributed by atoms with Gasteiger partial charge in [-0.2, -0.15) is 0 Å². The van der Waals surface area contributed by atoms with Crippen molar-refractivity contribution in [2.24, 2.45) is 11.7 Å². The number of anilines is 2. The second-order valence-corrected chi connectivity index (χ2v) is 4.72. The minimum Gasteiger partial charge on any atom is -0.397 e. The Kier molecular flexibility index (Phi) is 5.60. The normalized spacial score (nSPS) is 10.7. The van der Waals surface area contributed by atoms with Crippen LogP contribution in [0.2, 0.25) is 0 Å². The molecule has 5 nitrogen and oxygen atoms in total. The van der Waals surface area contributed by atoms with Crippen LogP contribution in [0.3, 0.4) is 0 Å². The Morgan fingerprint density at radius 2 is 2.00 bits per heavy atom. The van der Waals surface area contributed by atoms with Gasteiger partial charge in [-0.05, 0) is 18.9 Å². The number of nitrogens with zero attached hydrogens (tertiary/aromatic N) is 2. The van der Waals surface area contributed by atoms with E-state index >= 15 is 0 Å². The summed E-state index contributed by atoms with van der Waals surface area (Å²) in [6.45, 7) is 8.22. The second kappa shape index (κ2) is 6.97. The SMILES string of the molecule is CCC(CC)CN(CC)c1cc(C(N)=O)c(N)cn1. The molecule has 0 aliphatic rings. The molecule has 0 bridgehead atoms. The summed E-state index contributed by atoms with van der Waals surface area (Å²) in [6.07, 6.45) is 3.76. The number of aromatic nitrogens is 1. The topological polar surface area (TPSA) is 85.2 Å². The highest BCUT2D eigenvalue weighted by atomic mass is 16.1. The van der Waals surface area contributed by atoms with E-state index in [1.807, 2.05) is 0 Å². The lowest BCUT2D eigenvalue weighted by Crippen LogP contribution is -2.30. The number of nitrogen functional groups attached to an aromatic ring is 1. The molecule has 1 aromatic rings. The first-order valence-corrected chi connectivity index (χ1v) is 6.83. The van der Waals surface area contributed by atoms with E-state index in [0.29, 0.717) is 17.2 Å². The predicted molar refractivity (Wildman–Crippen MR) is 79.1 cm³/mol. The van der Waals surface area contributed by atoms with Crippen LogP contribution >= 0.6 is 0 Å². The Morgan fingerprint density at radius 1 is 1.37 bits per heavy atom. The first kappa shape index (κ1) is 15.3. The zero-order chi connectivity index (χ0) is 14.4. The van der Waals surface area contributed by atoms with Crippen LogP contribution in [-0.2, 0) is 0 Å². The van der Waals surface area contributed by atoms with Crippen molar-refractivity contribution in [3.63, 3.8) is 0 Å². The third-order valence-corrected chi connectivity index (χ3v) is 3.52. The minimum absolute atomic E-state index is 0.329. The summed E-state index contributed by atoms with van der Waals surface area (Å²) in [5, 5.41) is 0. The molecule has 0 spiro atoms. The lowest BCUT2D eigenvalue weighted by atomic mass is 10.0. The number of carbonyl (C=O) groups excluding carboxylic acids is 1. The molecule has 0 unspecified atom stereocenters. The van der Waals surface area contributed by atoms with Crippen molar-refractivity contribution in [2.75, 3.05) is 23.7 Å². The second-order valence-electron chi connectivity index (χ2n) is 4.72. The van der Waals surface area contributed by atoms with E-state index in [1.165, 1.54) is 6.20 Å². The smallest absolute Gasteiger partial charge is 0.250 e. The van der Waals surface area contributed by atoms with E-state index in [-0.39, 0.29) is 0 Å². The fourth-order valence-corrected chi connectivity index (χ4v) is 2.08. The van der Waals surface area contributed by atoms with Crippen LogP contribution in [0.5, 0.6) is 0 Å². The van der Waals surface area contributed by atoms with Gasteiger partial charge in [0.15, 0.2) is 0 Å². The molecule has 19 heavy (non-hydrogen) atoms. The van der Waals surface area contributed by atoms with Crippen LogP contribution in [-0.4, -0.2) is 24.0 Å². The molecular formula is C14H24N4O. The maximum atomic E-state index is 11.3. The van der Waals surface area contributed by atoms with Gasteiger partial charge in [0.05, 0.1) is 17.4 Å². The number of amides is 1. The number of nitrogens with two attached hydrogens (primary N) is 2. The number of primary amides is 1. The summed E-state index contributed by atoms with van der Waals surface area (Å²) in [5.41, 5.74) is 11.7. The molecule has 1 heterocycles. The van der Waals surface area contributed by atoms with Crippen molar-refractivity contribution in [3.8, 4) is 0 Å². The highest BCUT2D eigenvalue weighted by molar-refractivity contribution is 5.98. The van der Waals surface area contributed by atoms with Crippen molar-refractivity contribution in [3.05, 3.63) is 17.8 Å². The molecule has 5 heteroatoms. The van der Waals surface area contributed by atoms with Gasteiger partial charge in [-0.25, -0.2) is 4.98 Å². The fourth-order valence-electron chi connectivity index (χ4n) is 2.08. The largest absolute Gasteiger partial charge is 0.397 e. The van der Waals surface area contributed by atoms with Crippen LogP contribution in [0, 0.1) is 5.92 Å². The number of hydrogen-bond acceptors (Lipinski definition) is 4. The summed E-state index contributed by atoms with van der Waals surface area (Å²) in [6, 6.07) is 1.68. The van der Waals surface area contributed by atoms with Gasteiger partial charge in [0.25, 0.3) is 5.91 Å². The molecule has 0 saturated carbocycles. The third kappa shape index (κ3) is 3.84. The number of rotatable bonds is 7. The van der Waals surface area contributed by atoms with Crippen molar-refractivity contribution in [1.29, 1.82) is 0 Å². The zero-order valence-corrected chi connectivity index (χ0v) is 12.0. The molecular weight excluding hydrogens is 240 g/mol. The molecule has 1 aromatic heterocycles. The molecule has 0 aromatic carbocycles. The van der Waals surface area contributed by atoms with Gasteiger partial charge in [0.1, 0.15) is 5.82 Å². The first-order valence-electron chi connectivity index (χ1n) is 6.83. The summed E-state index contributed by atoms with van der Waals surface area (Å²) < 4.78 is 0. The van der Waals surface area contributed by atoms with Crippen LogP contribution in [0.25, 0.3) is 0 Å². The lowest BCUT2D eigenvalue weighted by Gasteiger charge is -2.26. The van der Waals surface area contributed by atoms with E-state index in [2.05, 4.69) is 30.7 Å². The summed E-state index contributed by atoms with van der Waals surface area (Å²) >= 11 is 0. The molecule has 0 atom stereocenters. The van der Waals surface area contributed by atoms with Crippen LogP contribution < -0.4 is 16.4 Å². The van der Waals surface area contributed by atoms with Gasteiger partial charge < -0.3 is 16.4 Å². The average molecular weight is 264 g/mol. The van der Waals surface area contributed by atoms with Gasteiger partial charge in [0.2, 0.25) is 0 Å². The Morgan fingerprint density at radius 3 is 2.47 bits per heavy atom. The Labute approximate surface area is 115 Å². The number of carbonyl (C=O) groups is 1. The van der Waals surface area contributed by atoms with E-state index < -0.39 is 5.91 Å². The van der Waals surface area contributed by atoms with Crippen LogP contribution in [0.1, 0.15) is 44.0 Å². The molecule has 0 radical (unpaired) electrons. The van der Waals surface area contributed by atoms with E-state index in [0.717, 1.165) is 31.7 Å². The molecule has 106 valence electrons. The minimum atomic E-state index is -0.514. The lowest BCUT2D eigenvalue weighted by molar-refractivity contribution is 0.100. The molecule has 1 rings (SSSR count). The summed E-state index contributed by atoms with van der Waals surface area (Å²) in [7, 11) is 0. The van der Waals surface area contributed by atoms with Crippen molar-refractivity contribution in [2.45, 2.75) is 33.6 Å². The zero-order valence-electron chi connectivity index (χ0n) is 12.0. The summed E-state index contributed by atoms with van der Waals surface area (Å²) in [5.74, 6) is 0.869. The Hall–Kier alpha value is -1.78. The average Bonchev–Trinajstić information content (AvgIpc) is 2.41. The maximum Gasteiger partial charge on any atom is 0.250 e. The maximum absolute atomic E-state index is 11.3. The molecule has 0 aliphatic carbocycles. The van der Waals surface area contributed by atoms with E-state index in [1.54, 1.807) is 6.07 Å². The number of pyridine rings is 1. The quantitative estimate of drug-likeness (QED) is 0.789. The van der Waals surface area contributed by atoms with Gasteiger partial charge in [-0.15, -0.1) is 0 Å². The monoisotopic (exact) mass is 264 g/mol. The fraction of sp³-hybridized carbons (Fsp3) is 0.571. The van der Waals surface area contributed by atoms with Gasteiger partial charge in [0, 0.05) is 13.1 Å². The first-order chi connectivity index (χ1) is 9.03. The molecule has 0 aliphatic heterocycles. The molecule has 1 amide bonds. The third-order valence-electron chi connectivity index (χ3n) is 3.52. The Bertz CT molecular complexity index is 429. The van der Waals surface area contributed by atoms with Crippen LogP contribution in [0.4, 0.5) is 11.5 Å². The predicted octanol–water partition coefficient (Wildman–Crippen LogP) is 2.03. The van der Waals surface area contributed by atoms with Crippen molar-refractivity contribution < 1.29 is 4.79 Å². The standard InChI is InChI=1S/C14H24N4O/c1-4-10(5-2)9-18(6-3)13-7-11(14(16)19)12(15)8-17-13/h7-8,10H,4-6,9,15H2,1-3H3,(H2,16,19). The van der Waals surface area contributed by atoms with E-state index in [4.69, 9.17) is 11.5 Å². The van der Waals surface area contributed by atoms with Crippen molar-refractivity contribution in [1.82, 2.24) is 4.98 Å².